The van der Waals surface area contributed by atoms with Crippen LogP contribution in [0, 0.1) is 0 Å². The van der Waals surface area contributed by atoms with Gasteiger partial charge in [-0.1, -0.05) is 88.9 Å². The fourth-order valence-electron chi connectivity index (χ4n) is 6.29. The second-order valence-corrected chi connectivity index (χ2v) is 12.5. The number of allylic oxidation sites excluding steroid dienone is 4. The van der Waals surface area contributed by atoms with E-state index in [9.17, 15) is 0 Å². The largest absolute Gasteiger partial charge is 0.305 e. The smallest absolute Gasteiger partial charge is 0.171 e. The van der Waals surface area contributed by atoms with Crippen molar-refractivity contribution >= 4 is 0 Å². The van der Waals surface area contributed by atoms with Crippen LogP contribution in [0.15, 0.2) is 60.6 Å². The van der Waals surface area contributed by atoms with Gasteiger partial charge in [0.05, 0.1) is 12.7 Å². The first-order valence-corrected chi connectivity index (χ1v) is 17.2. The van der Waals surface area contributed by atoms with Crippen molar-refractivity contribution < 1.29 is 9.47 Å². The van der Waals surface area contributed by atoms with E-state index < -0.39 is 0 Å². The zero-order valence-corrected chi connectivity index (χ0v) is 25.5. The predicted molar refractivity (Wildman–Crippen MR) is 169 cm³/mol. The Bertz CT molecular complexity index is 820. The molecule has 1 atom stereocenters. The van der Waals surface area contributed by atoms with E-state index in [1.165, 1.54) is 173 Å². The Balaban J connectivity index is 1.34. The average Bonchev–Trinajstić information content (AvgIpc) is 2.95. The van der Waals surface area contributed by atoms with E-state index in [2.05, 4.69) is 59.6 Å². The molecular weight excluding hydrogens is 472 g/mol. The fourth-order valence-corrected chi connectivity index (χ4v) is 6.29. The topological polar surface area (TPSA) is 8.32 Å². The summed E-state index contributed by atoms with van der Waals surface area (Å²) in [5.41, 5.74) is 3.11. The maximum Gasteiger partial charge on any atom is 0.171 e. The third-order valence-corrected chi connectivity index (χ3v) is 8.77. The summed E-state index contributed by atoms with van der Waals surface area (Å²) in [5, 5.41) is 0. The van der Waals surface area contributed by atoms with Crippen LogP contribution in [0.25, 0.3) is 0 Å². The second kappa shape index (κ2) is 22.1. The van der Waals surface area contributed by atoms with Crippen LogP contribution >= 0.6 is 0 Å². The summed E-state index contributed by atoms with van der Waals surface area (Å²) in [4.78, 5) is 1.69. The summed E-state index contributed by atoms with van der Waals surface area (Å²) in [6.45, 7) is 3.70. The predicted octanol–water partition coefficient (Wildman–Crippen LogP) is 9.01. The third kappa shape index (κ3) is 16.3. The molecule has 4 bridgehead atoms. The number of hydrogen-bond acceptors (Lipinski definition) is 0. The third-order valence-electron chi connectivity index (χ3n) is 8.77. The SMILES string of the molecule is C1=CCCCCCC[n+]2cccc(c2)CCCCCCCCCCCCC[NH+]2C=C(C=CC2)CCCCCC1. The minimum atomic E-state index is 1.18. The molecule has 2 aliphatic heterocycles. The molecule has 0 radical (unpaired) electrons. The van der Waals surface area contributed by atoms with Crippen molar-refractivity contribution in [1.82, 2.24) is 0 Å². The Labute approximate surface area is 242 Å². The maximum atomic E-state index is 2.54. The van der Waals surface area contributed by atoms with Crippen molar-refractivity contribution in [3.05, 3.63) is 66.2 Å². The van der Waals surface area contributed by atoms with Crippen molar-refractivity contribution in [3.63, 3.8) is 0 Å². The van der Waals surface area contributed by atoms with Crippen molar-refractivity contribution in [2.24, 2.45) is 0 Å². The molecular formula is C37H62N2+2. The van der Waals surface area contributed by atoms with Gasteiger partial charge < -0.3 is 4.90 Å². The van der Waals surface area contributed by atoms with E-state index in [-0.39, 0.29) is 0 Å². The molecule has 3 heterocycles. The highest BCUT2D eigenvalue weighted by atomic mass is 15.1. The van der Waals surface area contributed by atoms with Gasteiger partial charge in [0.1, 0.15) is 13.1 Å². The molecule has 2 heteroatoms. The van der Waals surface area contributed by atoms with E-state index in [1.54, 1.807) is 10.5 Å². The van der Waals surface area contributed by atoms with Gasteiger partial charge in [-0.2, -0.15) is 0 Å². The van der Waals surface area contributed by atoms with Gasteiger partial charge in [0.25, 0.3) is 0 Å². The summed E-state index contributed by atoms with van der Waals surface area (Å²) >= 11 is 0. The molecule has 0 aliphatic carbocycles. The molecule has 0 saturated heterocycles. The van der Waals surface area contributed by atoms with Gasteiger partial charge in [0.15, 0.2) is 12.4 Å². The standard InChI is InChI=1S/C37H61N2/c1-2-6-10-14-18-22-30-38-32-25-29-37(35-38)27-21-17-13-9-5-3-7-11-15-19-23-31-39-33-24-28-36(34-39)26-20-16-12-8-4-1/h1-2,24-25,28-29,32,34-35H,3-23,26-27,30-31,33H2/q+1/p+1. The van der Waals surface area contributed by atoms with Crippen LogP contribution in [-0.4, -0.2) is 13.1 Å². The molecule has 0 fully saturated rings. The Kier molecular flexibility index (Phi) is 18.0. The number of hydrogen-bond donors (Lipinski definition) is 1. The highest BCUT2D eigenvalue weighted by Gasteiger charge is 2.10. The molecule has 1 unspecified atom stereocenters. The Hall–Kier alpha value is -1.67. The van der Waals surface area contributed by atoms with Gasteiger partial charge in [-0.05, 0) is 82.8 Å². The van der Waals surface area contributed by atoms with Crippen LogP contribution < -0.4 is 9.47 Å². The molecule has 0 spiro atoms. The summed E-state index contributed by atoms with van der Waals surface area (Å²) in [6.07, 6.45) is 48.5. The number of pyridine rings is 1. The van der Waals surface area contributed by atoms with Crippen LogP contribution in [0.1, 0.15) is 147 Å². The number of quaternary nitrogens is 1. The van der Waals surface area contributed by atoms with E-state index in [0.29, 0.717) is 0 Å². The molecule has 0 amide bonds. The minimum Gasteiger partial charge on any atom is -0.305 e. The molecule has 2 nitrogen and oxygen atoms in total. The molecule has 1 aromatic heterocycles. The lowest BCUT2D eigenvalue weighted by molar-refractivity contribution is -0.841. The highest BCUT2D eigenvalue weighted by molar-refractivity contribution is 5.18. The average molecular weight is 535 g/mol. The lowest BCUT2D eigenvalue weighted by Gasteiger charge is -2.18. The summed E-state index contributed by atoms with van der Waals surface area (Å²) in [5.74, 6) is 0. The first kappa shape index (κ1) is 31.9. The number of nitrogens with one attached hydrogen (secondary N) is 1. The summed E-state index contributed by atoms with van der Waals surface area (Å²) in [7, 11) is 0. The molecule has 1 N–H and O–H groups in total. The minimum absolute atomic E-state index is 1.18. The first-order chi connectivity index (χ1) is 19.4. The Morgan fingerprint density at radius 1 is 0.564 bits per heavy atom. The fraction of sp³-hybridized carbons (Fsp3) is 0.703. The molecule has 39 heavy (non-hydrogen) atoms. The van der Waals surface area contributed by atoms with Gasteiger partial charge in [-0.3, -0.25) is 0 Å². The number of nitrogens with zero attached hydrogens (tertiary/aromatic N) is 1. The van der Waals surface area contributed by atoms with Gasteiger partial charge in [0, 0.05) is 23.6 Å². The van der Waals surface area contributed by atoms with E-state index >= 15 is 0 Å². The van der Waals surface area contributed by atoms with Gasteiger partial charge in [0.2, 0.25) is 0 Å². The number of fused-ring (bicyclic) bond motifs is 3. The van der Waals surface area contributed by atoms with Gasteiger partial charge in [-0.25, -0.2) is 4.57 Å². The van der Waals surface area contributed by atoms with Crippen LogP contribution in [0.4, 0.5) is 0 Å². The lowest BCUT2D eigenvalue weighted by atomic mass is 10.0. The molecule has 1 aromatic rings. The molecule has 2 aliphatic rings. The Morgan fingerprint density at radius 2 is 1.15 bits per heavy atom. The maximum absolute atomic E-state index is 2.54. The number of aryl methyl sites for hydroxylation is 2. The monoisotopic (exact) mass is 534 g/mol. The first-order valence-electron chi connectivity index (χ1n) is 17.2. The lowest BCUT2D eigenvalue weighted by Crippen LogP contribution is -3.07. The van der Waals surface area contributed by atoms with Crippen LogP contribution in [-0.2, 0) is 13.0 Å². The van der Waals surface area contributed by atoms with Crippen molar-refractivity contribution in [2.75, 3.05) is 13.1 Å². The zero-order valence-electron chi connectivity index (χ0n) is 25.5. The van der Waals surface area contributed by atoms with Crippen LogP contribution in [0.2, 0.25) is 0 Å². The molecule has 0 aromatic carbocycles. The Morgan fingerprint density at radius 3 is 1.87 bits per heavy atom. The molecule has 0 saturated carbocycles. The second-order valence-electron chi connectivity index (χ2n) is 12.5. The van der Waals surface area contributed by atoms with Gasteiger partial charge >= 0.3 is 0 Å². The van der Waals surface area contributed by atoms with Crippen LogP contribution in [0.3, 0.4) is 0 Å². The van der Waals surface area contributed by atoms with E-state index in [1.807, 2.05) is 0 Å². The van der Waals surface area contributed by atoms with Crippen LogP contribution in [0.5, 0.6) is 0 Å². The highest BCUT2D eigenvalue weighted by Crippen LogP contribution is 2.14. The molecule has 3 rings (SSSR count). The normalized spacial score (nSPS) is 23.5. The molecule has 218 valence electrons. The van der Waals surface area contributed by atoms with E-state index in [4.69, 9.17) is 0 Å². The number of rotatable bonds is 0. The van der Waals surface area contributed by atoms with Crippen molar-refractivity contribution in [2.45, 2.75) is 154 Å². The van der Waals surface area contributed by atoms with Gasteiger partial charge in [-0.15, -0.1) is 0 Å². The quantitative estimate of drug-likeness (QED) is 0.251. The van der Waals surface area contributed by atoms with Crippen molar-refractivity contribution in [1.29, 1.82) is 0 Å². The van der Waals surface area contributed by atoms with E-state index in [0.717, 1.165) is 0 Å². The zero-order chi connectivity index (χ0) is 27.1. The summed E-state index contributed by atoms with van der Waals surface area (Å²) in [6, 6.07) is 4.59. The van der Waals surface area contributed by atoms with Crippen molar-refractivity contribution in [3.8, 4) is 0 Å². The number of aromatic nitrogens is 1. The summed E-state index contributed by atoms with van der Waals surface area (Å²) < 4.78 is 2.43.